The van der Waals surface area contributed by atoms with Crippen LogP contribution in [-0.2, 0) is 0 Å². The molecule has 0 spiro atoms. The Hall–Kier alpha value is -1.61. The Balaban J connectivity index is 2.54. The maximum Gasteiger partial charge on any atom is 0.123 e. The van der Waals surface area contributed by atoms with Crippen LogP contribution in [0.2, 0.25) is 0 Å². The Labute approximate surface area is 107 Å². The van der Waals surface area contributed by atoms with E-state index < -0.39 is 0 Å². The number of furan rings is 1. The second kappa shape index (κ2) is 4.58. The zero-order chi connectivity index (χ0) is 13.4. The van der Waals surface area contributed by atoms with Gasteiger partial charge >= 0.3 is 0 Å². The molecule has 1 heterocycles. The average Bonchev–Trinajstić information content (AvgIpc) is 2.56. The summed E-state index contributed by atoms with van der Waals surface area (Å²) in [5.74, 6) is 1.41. The zero-order valence-electron chi connectivity index (χ0n) is 11.2. The van der Waals surface area contributed by atoms with E-state index in [-0.39, 0.29) is 11.9 Å². The molecule has 0 bridgehead atoms. The first-order chi connectivity index (χ1) is 8.41. The zero-order valence-corrected chi connectivity index (χ0v) is 11.2. The lowest BCUT2D eigenvalue weighted by atomic mass is 9.93. The minimum Gasteiger partial charge on any atom is -0.466 e. The Bertz CT molecular complexity index is 586. The third kappa shape index (κ3) is 2.06. The molecule has 3 heteroatoms. The molecule has 0 saturated heterocycles. The highest BCUT2D eigenvalue weighted by Gasteiger charge is 2.20. The quantitative estimate of drug-likeness (QED) is 0.878. The van der Waals surface area contributed by atoms with E-state index in [2.05, 4.69) is 0 Å². The van der Waals surface area contributed by atoms with Crippen LogP contribution in [0.3, 0.4) is 0 Å². The monoisotopic (exact) mass is 247 g/mol. The van der Waals surface area contributed by atoms with Crippen molar-refractivity contribution in [2.45, 2.75) is 33.7 Å². The molecule has 0 amide bonds. The second-order valence-electron chi connectivity index (χ2n) is 4.73. The van der Waals surface area contributed by atoms with Crippen molar-refractivity contribution in [1.82, 2.24) is 0 Å². The standard InChI is InChI=1S/C15H18FNO/c1-8-5-6-12(16)7-13(8)15(17)14-9(2)10(3)18-11(14)4/h5-7,15H,17H2,1-4H3. The van der Waals surface area contributed by atoms with Crippen molar-refractivity contribution < 1.29 is 8.81 Å². The van der Waals surface area contributed by atoms with Gasteiger partial charge < -0.3 is 10.2 Å². The first-order valence-corrected chi connectivity index (χ1v) is 6.00. The molecule has 2 rings (SSSR count). The van der Waals surface area contributed by atoms with Crippen LogP contribution in [0.1, 0.15) is 39.8 Å². The van der Waals surface area contributed by atoms with Crippen molar-refractivity contribution in [3.05, 3.63) is 57.8 Å². The predicted molar refractivity (Wildman–Crippen MR) is 70.1 cm³/mol. The maximum absolute atomic E-state index is 13.4. The topological polar surface area (TPSA) is 39.2 Å². The normalized spacial score (nSPS) is 12.8. The lowest BCUT2D eigenvalue weighted by Gasteiger charge is -2.15. The lowest BCUT2D eigenvalue weighted by molar-refractivity contribution is 0.498. The van der Waals surface area contributed by atoms with Gasteiger partial charge in [0.2, 0.25) is 0 Å². The van der Waals surface area contributed by atoms with Gasteiger partial charge in [-0.25, -0.2) is 4.39 Å². The third-order valence-corrected chi connectivity index (χ3v) is 3.50. The summed E-state index contributed by atoms with van der Waals surface area (Å²) < 4.78 is 18.9. The molecule has 0 saturated carbocycles. The molecule has 0 radical (unpaired) electrons. The van der Waals surface area contributed by atoms with Crippen molar-refractivity contribution in [2.24, 2.45) is 5.73 Å². The van der Waals surface area contributed by atoms with Crippen LogP contribution < -0.4 is 5.73 Å². The first-order valence-electron chi connectivity index (χ1n) is 6.00. The molecule has 2 aromatic rings. The number of benzene rings is 1. The van der Waals surface area contributed by atoms with Crippen LogP contribution in [0.15, 0.2) is 22.6 Å². The molecular weight excluding hydrogens is 229 g/mol. The molecule has 0 aliphatic rings. The van der Waals surface area contributed by atoms with Crippen molar-refractivity contribution in [3.63, 3.8) is 0 Å². The van der Waals surface area contributed by atoms with Gasteiger partial charge in [-0.3, -0.25) is 0 Å². The number of rotatable bonds is 2. The fraction of sp³-hybridized carbons (Fsp3) is 0.333. The number of halogens is 1. The average molecular weight is 247 g/mol. The van der Waals surface area contributed by atoms with Crippen LogP contribution >= 0.6 is 0 Å². The Morgan fingerprint density at radius 2 is 1.78 bits per heavy atom. The van der Waals surface area contributed by atoms with Gasteiger partial charge in [0.05, 0.1) is 6.04 Å². The Kier molecular flexibility index (Phi) is 3.26. The highest BCUT2D eigenvalue weighted by atomic mass is 19.1. The van der Waals surface area contributed by atoms with E-state index in [4.69, 9.17) is 10.2 Å². The highest BCUT2D eigenvalue weighted by molar-refractivity contribution is 5.42. The summed E-state index contributed by atoms with van der Waals surface area (Å²) in [4.78, 5) is 0. The van der Waals surface area contributed by atoms with Gasteiger partial charge in [0.15, 0.2) is 0 Å². The van der Waals surface area contributed by atoms with Crippen LogP contribution in [0.5, 0.6) is 0 Å². The fourth-order valence-electron chi connectivity index (χ4n) is 2.37. The number of hydrogen-bond acceptors (Lipinski definition) is 2. The molecule has 1 aromatic heterocycles. The van der Waals surface area contributed by atoms with E-state index in [1.165, 1.54) is 12.1 Å². The van der Waals surface area contributed by atoms with Crippen LogP contribution in [0.4, 0.5) is 4.39 Å². The third-order valence-electron chi connectivity index (χ3n) is 3.50. The van der Waals surface area contributed by atoms with Crippen molar-refractivity contribution >= 4 is 0 Å². The number of hydrogen-bond donors (Lipinski definition) is 1. The largest absolute Gasteiger partial charge is 0.466 e. The lowest BCUT2D eigenvalue weighted by Crippen LogP contribution is -2.15. The van der Waals surface area contributed by atoms with Gasteiger partial charge in [-0.1, -0.05) is 6.07 Å². The van der Waals surface area contributed by atoms with Crippen LogP contribution in [0, 0.1) is 33.5 Å². The van der Waals surface area contributed by atoms with Crippen LogP contribution in [-0.4, -0.2) is 0 Å². The minimum absolute atomic E-state index is 0.262. The summed E-state index contributed by atoms with van der Waals surface area (Å²) in [6.07, 6.45) is 0. The number of nitrogens with two attached hydrogens (primary N) is 1. The predicted octanol–water partition coefficient (Wildman–Crippen LogP) is 3.70. The smallest absolute Gasteiger partial charge is 0.123 e. The Morgan fingerprint density at radius 3 is 2.33 bits per heavy atom. The van der Waals surface area contributed by atoms with Crippen molar-refractivity contribution in [2.75, 3.05) is 0 Å². The Morgan fingerprint density at radius 1 is 1.11 bits per heavy atom. The molecule has 0 aliphatic carbocycles. The van der Waals surface area contributed by atoms with Crippen LogP contribution in [0.25, 0.3) is 0 Å². The van der Waals surface area contributed by atoms with E-state index in [0.29, 0.717) is 0 Å². The molecule has 0 fully saturated rings. The van der Waals surface area contributed by atoms with E-state index in [0.717, 1.165) is 33.8 Å². The molecule has 0 aliphatic heterocycles. The van der Waals surface area contributed by atoms with Crippen molar-refractivity contribution in [1.29, 1.82) is 0 Å². The highest BCUT2D eigenvalue weighted by Crippen LogP contribution is 2.31. The summed E-state index contributed by atoms with van der Waals surface area (Å²) in [7, 11) is 0. The van der Waals surface area contributed by atoms with E-state index >= 15 is 0 Å². The fourth-order valence-corrected chi connectivity index (χ4v) is 2.37. The second-order valence-corrected chi connectivity index (χ2v) is 4.73. The summed E-state index contributed by atoms with van der Waals surface area (Å²) in [6, 6.07) is 4.35. The SMILES string of the molecule is Cc1ccc(F)cc1C(N)c1c(C)oc(C)c1C. The van der Waals surface area contributed by atoms with Gasteiger partial charge in [-0.2, -0.15) is 0 Å². The maximum atomic E-state index is 13.4. The number of aryl methyl sites for hydroxylation is 3. The molecular formula is C15H18FNO. The van der Waals surface area contributed by atoms with E-state index in [1.807, 2.05) is 27.7 Å². The molecule has 2 nitrogen and oxygen atoms in total. The molecule has 96 valence electrons. The summed E-state index contributed by atoms with van der Waals surface area (Å²) in [5.41, 5.74) is 10.1. The van der Waals surface area contributed by atoms with Gasteiger partial charge in [0.25, 0.3) is 0 Å². The molecule has 18 heavy (non-hydrogen) atoms. The molecule has 1 aromatic carbocycles. The van der Waals surface area contributed by atoms with E-state index in [1.54, 1.807) is 6.07 Å². The van der Waals surface area contributed by atoms with E-state index in [9.17, 15) is 4.39 Å². The van der Waals surface area contributed by atoms with Gasteiger partial charge in [0, 0.05) is 5.56 Å². The summed E-state index contributed by atoms with van der Waals surface area (Å²) >= 11 is 0. The molecule has 1 atom stereocenters. The first kappa shape index (κ1) is 12.8. The minimum atomic E-state index is -0.349. The van der Waals surface area contributed by atoms with Gasteiger partial charge in [0.1, 0.15) is 17.3 Å². The summed E-state index contributed by atoms with van der Waals surface area (Å²) in [5, 5.41) is 0. The molecule has 1 unspecified atom stereocenters. The van der Waals surface area contributed by atoms with Crippen molar-refractivity contribution in [3.8, 4) is 0 Å². The van der Waals surface area contributed by atoms with Gasteiger partial charge in [-0.15, -0.1) is 0 Å². The molecule has 2 N–H and O–H groups in total. The summed E-state index contributed by atoms with van der Waals surface area (Å²) in [6.45, 7) is 7.72. The van der Waals surface area contributed by atoms with Gasteiger partial charge in [-0.05, 0) is 56.5 Å².